The van der Waals surface area contributed by atoms with Crippen molar-refractivity contribution >= 4 is 11.8 Å². The molecule has 0 aromatic heterocycles. The molecule has 0 amide bonds. The molecule has 0 spiro atoms. The summed E-state index contributed by atoms with van der Waals surface area (Å²) >= 11 is 0. The molecule has 2 rings (SSSR count). The molecule has 1 atom stereocenters. The van der Waals surface area contributed by atoms with Crippen molar-refractivity contribution in [2.45, 2.75) is 13.0 Å². The summed E-state index contributed by atoms with van der Waals surface area (Å²) in [5, 5.41) is 12.7. The Bertz CT molecular complexity index is 517. The van der Waals surface area contributed by atoms with Crippen molar-refractivity contribution in [1.29, 1.82) is 0 Å². The van der Waals surface area contributed by atoms with Crippen LogP contribution in [0.2, 0.25) is 0 Å². The average Bonchev–Trinajstić information content (AvgIpc) is 2.46. The minimum atomic E-state index is -0.0806. The molecular formula is C17H19NO. The van der Waals surface area contributed by atoms with Gasteiger partial charge in [-0.2, -0.15) is 0 Å². The topological polar surface area (TPSA) is 32.3 Å². The second-order valence-corrected chi connectivity index (χ2v) is 4.57. The van der Waals surface area contributed by atoms with E-state index in [4.69, 9.17) is 0 Å². The SMILES string of the molecule is Cc1ccc(N[C@@H](/C=C/c2ccccc2)CO)cc1. The molecular weight excluding hydrogens is 234 g/mol. The third kappa shape index (κ3) is 4.27. The van der Waals surface area contributed by atoms with E-state index in [-0.39, 0.29) is 12.6 Å². The monoisotopic (exact) mass is 253 g/mol. The van der Waals surface area contributed by atoms with E-state index >= 15 is 0 Å². The Morgan fingerprint density at radius 1 is 1.05 bits per heavy atom. The van der Waals surface area contributed by atoms with E-state index in [1.165, 1.54) is 5.56 Å². The number of aryl methyl sites for hydroxylation is 1. The molecule has 0 bridgehead atoms. The smallest absolute Gasteiger partial charge is 0.0679 e. The summed E-state index contributed by atoms with van der Waals surface area (Å²) in [6, 6.07) is 18.1. The zero-order valence-corrected chi connectivity index (χ0v) is 11.1. The van der Waals surface area contributed by atoms with Gasteiger partial charge in [0, 0.05) is 5.69 Å². The van der Waals surface area contributed by atoms with Gasteiger partial charge in [0.1, 0.15) is 0 Å². The maximum atomic E-state index is 9.41. The fraction of sp³-hybridized carbons (Fsp3) is 0.176. The predicted octanol–water partition coefficient (Wildman–Crippen LogP) is 3.48. The second kappa shape index (κ2) is 6.76. The van der Waals surface area contributed by atoms with Gasteiger partial charge in [-0.05, 0) is 24.6 Å². The lowest BCUT2D eigenvalue weighted by Crippen LogP contribution is -2.20. The summed E-state index contributed by atoms with van der Waals surface area (Å²) < 4.78 is 0. The van der Waals surface area contributed by atoms with Gasteiger partial charge in [0.2, 0.25) is 0 Å². The van der Waals surface area contributed by atoms with Gasteiger partial charge in [0.05, 0.1) is 12.6 Å². The van der Waals surface area contributed by atoms with E-state index in [2.05, 4.69) is 24.4 Å². The Kier molecular flexibility index (Phi) is 4.76. The summed E-state index contributed by atoms with van der Waals surface area (Å²) in [7, 11) is 0. The number of nitrogens with one attached hydrogen (secondary N) is 1. The van der Waals surface area contributed by atoms with Crippen LogP contribution in [0, 0.1) is 6.92 Å². The molecule has 2 aromatic rings. The number of hydrogen-bond acceptors (Lipinski definition) is 2. The molecule has 0 aliphatic carbocycles. The highest BCUT2D eigenvalue weighted by Gasteiger charge is 2.02. The first-order valence-corrected chi connectivity index (χ1v) is 6.45. The van der Waals surface area contributed by atoms with Gasteiger partial charge < -0.3 is 10.4 Å². The average molecular weight is 253 g/mol. The van der Waals surface area contributed by atoms with Gasteiger partial charge in [0.15, 0.2) is 0 Å². The molecule has 98 valence electrons. The second-order valence-electron chi connectivity index (χ2n) is 4.57. The van der Waals surface area contributed by atoms with Gasteiger partial charge in [0.25, 0.3) is 0 Å². The van der Waals surface area contributed by atoms with Crippen molar-refractivity contribution in [2.24, 2.45) is 0 Å². The Labute approximate surface area is 114 Å². The molecule has 0 aliphatic rings. The lowest BCUT2D eigenvalue weighted by atomic mass is 10.1. The van der Waals surface area contributed by atoms with Crippen molar-refractivity contribution in [2.75, 3.05) is 11.9 Å². The fourth-order valence-corrected chi connectivity index (χ4v) is 1.81. The number of hydrogen-bond donors (Lipinski definition) is 2. The Morgan fingerprint density at radius 3 is 2.37 bits per heavy atom. The van der Waals surface area contributed by atoms with Crippen molar-refractivity contribution in [3.63, 3.8) is 0 Å². The summed E-state index contributed by atoms with van der Waals surface area (Å²) in [6.07, 6.45) is 4.00. The van der Waals surface area contributed by atoms with Crippen LogP contribution in [0.4, 0.5) is 5.69 Å². The van der Waals surface area contributed by atoms with Crippen LogP contribution in [0.1, 0.15) is 11.1 Å². The zero-order chi connectivity index (χ0) is 13.5. The zero-order valence-electron chi connectivity index (χ0n) is 11.1. The molecule has 0 fully saturated rings. The van der Waals surface area contributed by atoms with E-state index in [1.807, 2.05) is 54.6 Å². The summed E-state index contributed by atoms with van der Waals surface area (Å²) in [6.45, 7) is 2.12. The number of anilines is 1. The maximum Gasteiger partial charge on any atom is 0.0679 e. The highest BCUT2D eigenvalue weighted by Crippen LogP contribution is 2.11. The highest BCUT2D eigenvalue weighted by atomic mass is 16.3. The number of rotatable bonds is 5. The molecule has 19 heavy (non-hydrogen) atoms. The highest BCUT2D eigenvalue weighted by molar-refractivity contribution is 5.52. The van der Waals surface area contributed by atoms with Gasteiger partial charge in [-0.1, -0.05) is 60.2 Å². The standard InChI is InChI=1S/C17H19NO/c1-14-7-10-16(11-8-14)18-17(13-19)12-9-15-5-3-2-4-6-15/h2-12,17-19H,13H2,1H3/b12-9+/t17-/m0/s1. The van der Waals surface area contributed by atoms with Gasteiger partial charge in [-0.15, -0.1) is 0 Å². The molecule has 0 saturated carbocycles. The van der Waals surface area contributed by atoms with Crippen molar-refractivity contribution in [3.05, 3.63) is 71.8 Å². The number of benzene rings is 2. The van der Waals surface area contributed by atoms with Crippen LogP contribution < -0.4 is 5.32 Å². The number of aliphatic hydroxyl groups excluding tert-OH is 1. The molecule has 0 radical (unpaired) electrons. The van der Waals surface area contributed by atoms with E-state index in [0.717, 1.165) is 11.3 Å². The Hall–Kier alpha value is -2.06. The first-order chi connectivity index (χ1) is 9.28. The van der Waals surface area contributed by atoms with Gasteiger partial charge >= 0.3 is 0 Å². The Morgan fingerprint density at radius 2 is 1.74 bits per heavy atom. The van der Waals surface area contributed by atoms with Crippen LogP contribution in [0.5, 0.6) is 0 Å². The summed E-state index contributed by atoms with van der Waals surface area (Å²) in [5.74, 6) is 0. The number of aliphatic hydroxyl groups is 1. The van der Waals surface area contributed by atoms with Crippen LogP contribution in [-0.2, 0) is 0 Å². The Balaban J connectivity index is 2.00. The van der Waals surface area contributed by atoms with E-state index < -0.39 is 0 Å². The van der Waals surface area contributed by atoms with E-state index in [0.29, 0.717) is 0 Å². The lowest BCUT2D eigenvalue weighted by Gasteiger charge is -2.13. The summed E-state index contributed by atoms with van der Waals surface area (Å²) in [5.41, 5.74) is 3.37. The summed E-state index contributed by atoms with van der Waals surface area (Å²) in [4.78, 5) is 0. The maximum absolute atomic E-state index is 9.41. The van der Waals surface area contributed by atoms with E-state index in [9.17, 15) is 5.11 Å². The molecule has 2 nitrogen and oxygen atoms in total. The van der Waals surface area contributed by atoms with Crippen molar-refractivity contribution in [1.82, 2.24) is 0 Å². The van der Waals surface area contributed by atoms with Crippen LogP contribution in [0.25, 0.3) is 6.08 Å². The largest absolute Gasteiger partial charge is 0.394 e. The lowest BCUT2D eigenvalue weighted by molar-refractivity contribution is 0.291. The van der Waals surface area contributed by atoms with Crippen LogP contribution in [0.15, 0.2) is 60.7 Å². The van der Waals surface area contributed by atoms with Crippen LogP contribution >= 0.6 is 0 Å². The minimum absolute atomic E-state index is 0.0667. The molecule has 2 heteroatoms. The normalized spacial score (nSPS) is 12.5. The molecule has 0 saturated heterocycles. The fourth-order valence-electron chi connectivity index (χ4n) is 1.81. The first kappa shape index (κ1) is 13.4. The predicted molar refractivity (Wildman–Crippen MR) is 81.2 cm³/mol. The third-order valence-corrected chi connectivity index (χ3v) is 2.92. The molecule has 2 N–H and O–H groups in total. The first-order valence-electron chi connectivity index (χ1n) is 6.45. The quantitative estimate of drug-likeness (QED) is 0.855. The molecule has 0 unspecified atom stereocenters. The van der Waals surface area contributed by atoms with Crippen LogP contribution in [-0.4, -0.2) is 17.8 Å². The third-order valence-electron chi connectivity index (χ3n) is 2.92. The van der Waals surface area contributed by atoms with Gasteiger partial charge in [-0.3, -0.25) is 0 Å². The van der Waals surface area contributed by atoms with E-state index in [1.54, 1.807) is 0 Å². The van der Waals surface area contributed by atoms with Crippen LogP contribution in [0.3, 0.4) is 0 Å². The van der Waals surface area contributed by atoms with Gasteiger partial charge in [-0.25, -0.2) is 0 Å². The minimum Gasteiger partial charge on any atom is -0.394 e. The molecule has 0 aliphatic heterocycles. The van der Waals surface area contributed by atoms with Crippen molar-refractivity contribution < 1.29 is 5.11 Å². The molecule has 0 heterocycles. The molecule has 2 aromatic carbocycles. The van der Waals surface area contributed by atoms with Crippen molar-refractivity contribution in [3.8, 4) is 0 Å².